The highest BCUT2D eigenvalue weighted by Crippen LogP contribution is 2.37. The molecule has 0 amide bonds. The molecule has 1 unspecified atom stereocenters. The zero-order valence-corrected chi connectivity index (χ0v) is 12.0. The van der Waals surface area contributed by atoms with Gasteiger partial charge >= 0.3 is 0 Å². The number of rotatable bonds is 2. The van der Waals surface area contributed by atoms with Gasteiger partial charge in [0, 0.05) is 18.0 Å². The van der Waals surface area contributed by atoms with Crippen LogP contribution in [0.5, 0.6) is 0 Å². The molecule has 1 saturated heterocycles. The average Bonchev–Trinajstić information content (AvgIpc) is 2.97. The standard InChI is InChI=1S/C12H13Cl2N3S/c13-10-4-8(11(14)18-10)9-6-16-12(17-9)7-2-1-3-15-5-7/h4,6-7,15H,1-3,5H2,(H,16,17). The Balaban J connectivity index is 1.86. The van der Waals surface area contributed by atoms with Crippen molar-refractivity contribution in [2.45, 2.75) is 18.8 Å². The molecule has 3 heterocycles. The Labute approximate surface area is 120 Å². The van der Waals surface area contributed by atoms with Crippen LogP contribution in [0, 0.1) is 0 Å². The van der Waals surface area contributed by atoms with Crippen LogP contribution in [0.3, 0.4) is 0 Å². The molecule has 1 aliphatic rings. The molecule has 1 aliphatic heterocycles. The number of piperidine rings is 1. The van der Waals surface area contributed by atoms with Crippen LogP contribution in [0.4, 0.5) is 0 Å². The van der Waals surface area contributed by atoms with Gasteiger partial charge < -0.3 is 10.3 Å². The Morgan fingerprint density at radius 3 is 2.94 bits per heavy atom. The number of imidazole rings is 1. The summed E-state index contributed by atoms with van der Waals surface area (Å²) in [4.78, 5) is 7.84. The minimum Gasteiger partial charge on any atom is -0.342 e. The second-order valence-corrected chi connectivity index (χ2v) is 6.75. The van der Waals surface area contributed by atoms with Crippen LogP contribution in [0.2, 0.25) is 8.67 Å². The Hall–Kier alpha value is -0.550. The van der Waals surface area contributed by atoms with Crippen LogP contribution in [-0.2, 0) is 0 Å². The maximum absolute atomic E-state index is 6.15. The molecule has 1 fully saturated rings. The van der Waals surface area contributed by atoms with Gasteiger partial charge in [0.2, 0.25) is 0 Å². The number of nitrogens with one attached hydrogen (secondary N) is 2. The van der Waals surface area contributed by atoms with Crippen molar-refractivity contribution in [1.82, 2.24) is 15.3 Å². The van der Waals surface area contributed by atoms with Gasteiger partial charge in [0.1, 0.15) is 10.2 Å². The number of H-pyrrole nitrogens is 1. The van der Waals surface area contributed by atoms with Crippen molar-refractivity contribution in [1.29, 1.82) is 0 Å². The molecule has 1 atom stereocenters. The monoisotopic (exact) mass is 301 g/mol. The van der Waals surface area contributed by atoms with Gasteiger partial charge in [0.15, 0.2) is 0 Å². The summed E-state index contributed by atoms with van der Waals surface area (Å²) in [5, 5.41) is 3.39. The molecular weight excluding hydrogens is 289 g/mol. The highest BCUT2D eigenvalue weighted by atomic mass is 35.5. The molecule has 0 aromatic carbocycles. The predicted octanol–water partition coefficient (Wildman–Crippen LogP) is 3.91. The fraction of sp³-hybridized carbons (Fsp3) is 0.417. The van der Waals surface area contributed by atoms with E-state index in [1.807, 2.05) is 12.3 Å². The van der Waals surface area contributed by atoms with Crippen LogP contribution in [0.15, 0.2) is 12.3 Å². The number of hydrogen-bond donors (Lipinski definition) is 2. The third kappa shape index (κ3) is 2.43. The molecule has 2 aromatic rings. The van der Waals surface area contributed by atoms with Crippen molar-refractivity contribution in [3.63, 3.8) is 0 Å². The Morgan fingerprint density at radius 2 is 2.28 bits per heavy atom. The number of halogens is 2. The largest absolute Gasteiger partial charge is 0.342 e. The zero-order valence-electron chi connectivity index (χ0n) is 9.67. The summed E-state index contributed by atoms with van der Waals surface area (Å²) in [6.07, 6.45) is 4.22. The summed E-state index contributed by atoms with van der Waals surface area (Å²) in [5.41, 5.74) is 1.89. The average molecular weight is 302 g/mol. The van der Waals surface area contributed by atoms with E-state index in [1.54, 1.807) is 0 Å². The number of hydrogen-bond acceptors (Lipinski definition) is 3. The molecule has 96 valence electrons. The molecule has 3 nitrogen and oxygen atoms in total. The van der Waals surface area contributed by atoms with E-state index in [0.29, 0.717) is 14.6 Å². The van der Waals surface area contributed by atoms with E-state index < -0.39 is 0 Å². The summed E-state index contributed by atoms with van der Waals surface area (Å²) in [7, 11) is 0. The van der Waals surface area contributed by atoms with E-state index >= 15 is 0 Å². The molecule has 6 heteroatoms. The number of aromatic amines is 1. The quantitative estimate of drug-likeness (QED) is 0.883. The molecular formula is C12H13Cl2N3S. The van der Waals surface area contributed by atoms with E-state index in [0.717, 1.165) is 30.2 Å². The first-order valence-electron chi connectivity index (χ1n) is 5.95. The maximum Gasteiger partial charge on any atom is 0.110 e. The number of aromatic nitrogens is 2. The first kappa shape index (κ1) is 12.5. The summed E-state index contributed by atoms with van der Waals surface area (Å²) in [6, 6.07) is 1.88. The van der Waals surface area contributed by atoms with Crippen molar-refractivity contribution < 1.29 is 0 Å². The maximum atomic E-state index is 6.15. The Morgan fingerprint density at radius 1 is 1.39 bits per heavy atom. The lowest BCUT2D eigenvalue weighted by atomic mass is 9.99. The lowest BCUT2D eigenvalue weighted by molar-refractivity contribution is 0.449. The van der Waals surface area contributed by atoms with Crippen molar-refractivity contribution in [3.05, 3.63) is 26.8 Å². The van der Waals surface area contributed by atoms with Crippen molar-refractivity contribution >= 4 is 34.5 Å². The summed E-state index contributed by atoms with van der Waals surface area (Å²) >= 11 is 13.5. The van der Waals surface area contributed by atoms with E-state index in [9.17, 15) is 0 Å². The fourth-order valence-electron chi connectivity index (χ4n) is 2.29. The third-order valence-electron chi connectivity index (χ3n) is 3.23. The van der Waals surface area contributed by atoms with Gasteiger partial charge in [-0.15, -0.1) is 11.3 Å². The first-order chi connectivity index (χ1) is 8.74. The first-order valence-corrected chi connectivity index (χ1v) is 7.52. The topological polar surface area (TPSA) is 40.7 Å². The van der Waals surface area contributed by atoms with E-state index in [2.05, 4.69) is 15.3 Å². The van der Waals surface area contributed by atoms with Gasteiger partial charge in [0.25, 0.3) is 0 Å². The second kappa shape index (κ2) is 5.21. The van der Waals surface area contributed by atoms with Crippen LogP contribution >= 0.6 is 34.5 Å². The smallest absolute Gasteiger partial charge is 0.110 e. The highest BCUT2D eigenvalue weighted by Gasteiger charge is 2.19. The Kier molecular flexibility index (Phi) is 3.61. The fourth-order valence-corrected chi connectivity index (χ4v) is 3.78. The van der Waals surface area contributed by atoms with E-state index in [1.165, 1.54) is 24.2 Å². The third-order valence-corrected chi connectivity index (χ3v) is 4.71. The summed E-state index contributed by atoms with van der Waals surface area (Å²) < 4.78 is 1.41. The highest BCUT2D eigenvalue weighted by molar-refractivity contribution is 7.20. The SMILES string of the molecule is Clc1cc(-c2cnc(C3CCCNC3)[nH]2)c(Cl)s1. The zero-order chi connectivity index (χ0) is 12.5. The van der Waals surface area contributed by atoms with Gasteiger partial charge in [0.05, 0.1) is 16.2 Å². The normalized spacial score (nSPS) is 20.2. The molecule has 3 rings (SSSR count). The molecule has 0 aliphatic carbocycles. The van der Waals surface area contributed by atoms with Crippen LogP contribution < -0.4 is 5.32 Å². The van der Waals surface area contributed by atoms with Crippen LogP contribution in [0.1, 0.15) is 24.6 Å². The van der Waals surface area contributed by atoms with E-state index in [4.69, 9.17) is 23.2 Å². The lowest BCUT2D eigenvalue weighted by Crippen LogP contribution is -2.28. The van der Waals surface area contributed by atoms with E-state index in [-0.39, 0.29) is 0 Å². The minimum absolute atomic E-state index is 0.473. The van der Waals surface area contributed by atoms with Gasteiger partial charge in [-0.1, -0.05) is 23.2 Å². The molecule has 2 N–H and O–H groups in total. The molecule has 18 heavy (non-hydrogen) atoms. The molecule has 0 saturated carbocycles. The number of thiophene rings is 1. The van der Waals surface area contributed by atoms with Gasteiger partial charge in [-0.05, 0) is 25.5 Å². The van der Waals surface area contributed by atoms with Gasteiger partial charge in [-0.25, -0.2) is 4.98 Å². The summed E-state index contributed by atoms with van der Waals surface area (Å²) in [5.74, 6) is 1.51. The Bertz CT molecular complexity index is 543. The van der Waals surface area contributed by atoms with Crippen molar-refractivity contribution in [2.24, 2.45) is 0 Å². The van der Waals surface area contributed by atoms with Crippen molar-refractivity contribution in [3.8, 4) is 11.3 Å². The molecule has 0 spiro atoms. The van der Waals surface area contributed by atoms with Gasteiger partial charge in [-0.3, -0.25) is 0 Å². The molecule has 2 aromatic heterocycles. The van der Waals surface area contributed by atoms with Gasteiger partial charge in [-0.2, -0.15) is 0 Å². The minimum atomic E-state index is 0.473. The molecule has 0 radical (unpaired) electrons. The van der Waals surface area contributed by atoms with Crippen molar-refractivity contribution in [2.75, 3.05) is 13.1 Å². The second-order valence-electron chi connectivity index (χ2n) is 4.46. The van der Waals surface area contributed by atoms with Crippen LogP contribution in [0.25, 0.3) is 11.3 Å². The lowest BCUT2D eigenvalue weighted by Gasteiger charge is -2.20. The number of nitrogens with zero attached hydrogens (tertiary/aromatic N) is 1. The summed E-state index contributed by atoms with van der Waals surface area (Å²) in [6.45, 7) is 2.10. The molecule has 0 bridgehead atoms. The predicted molar refractivity (Wildman–Crippen MR) is 76.8 cm³/mol. The van der Waals surface area contributed by atoms with Crippen LogP contribution in [-0.4, -0.2) is 23.1 Å².